The van der Waals surface area contributed by atoms with Crippen LogP contribution >= 0.6 is 11.6 Å². The lowest BCUT2D eigenvalue weighted by Crippen LogP contribution is -2.17. The second-order valence-corrected chi connectivity index (χ2v) is 4.97. The van der Waals surface area contributed by atoms with Gasteiger partial charge >= 0.3 is 5.97 Å². The Labute approximate surface area is 111 Å². The Morgan fingerprint density at radius 1 is 1.56 bits per heavy atom. The van der Waals surface area contributed by atoms with Crippen LogP contribution < -0.4 is 10.1 Å². The first-order chi connectivity index (χ1) is 8.52. The molecule has 0 amide bonds. The van der Waals surface area contributed by atoms with Crippen molar-refractivity contribution < 1.29 is 14.6 Å². The lowest BCUT2D eigenvalue weighted by atomic mass is 9.99. The summed E-state index contributed by atoms with van der Waals surface area (Å²) < 4.78 is 5.27. The molecule has 0 aromatic heterocycles. The van der Waals surface area contributed by atoms with Crippen molar-refractivity contribution in [1.29, 1.82) is 0 Å². The molecule has 2 N–H and O–H groups in total. The summed E-state index contributed by atoms with van der Waals surface area (Å²) in [5.41, 5.74) is 1.88. The molecule has 1 heterocycles. The first-order valence-corrected chi connectivity index (χ1v) is 6.21. The fourth-order valence-electron chi connectivity index (χ4n) is 2.26. The van der Waals surface area contributed by atoms with Crippen molar-refractivity contribution >= 4 is 17.6 Å². The van der Waals surface area contributed by atoms with E-state index in [4.69, 9.17) is 21.4 Å². The van der Waals surface area contributed by atoms with E-state index < -0.39 is 5.97 Å². The van der Waals surface area contributed by atoms with Gasteiger partial charge in [-0.3, -0.25) is 4.79 Å². The molecular weight excluding hydrogens is 254 g/mol. The summed E-state index contributed by atoms with van der Waals surface area (Å²) in [6.07, 6.45) is 0.581. The Kier molecular flexibility index (Phi) is 3.78. The molecule has 2 unspecified atom stereocenters. The molecule has 1 aliphatic heterocycles. The zero-order valence-corrected chi connectivity index (χ0v) is 11.1. The van der Waals surface area contributed by atoms with Crippen LogP contribution in [0.25, 0.3) is 0 Å². The predicted octanol–water partition coefficient (Wildman–Crippen LogP) is 2.39. The highest BCUT2D eigenvalue weighted by atomic mass is 35.5. The van der Waals surface area contributed by atoms with E-state index in [1.165, 1.54) is 0 Å². The Morgan fingerprint density at radius 2 is 2.28 bits per heavy atom. The van der Waals surface area contributed by atoms with E-state index in [9.17, 15) is 4.79 Å². The van der Waals surface area contributed by atoms with Crippen LogP contribution in [-0.4, -0.2) is 24.7 Å². The third-order valence-corrected chi connectivity index (χ3v) is 3.81. The van der Waals surface area contributed by atoms with Crippen LogP contribution in [0.2, 0.25) is 5.02 Å². The van der Waals surface area contributed by atoms with Gasteiger partial charge in [0.15, 0.2) is 0 Å². The van der Waals surface area contributed by atoms with Gasteiger partial charge < -0.3 is 15.2 Å². The van der Waals surface area contributed by atoms with Gasteiger partial charge in [-0.2, -0.15) is 0 Å². The number of methoxy groups -OCH3 is 1. The highest BCUT2D eigenvalue weighted by Crippen LogP contribution is 2.34. The van der Waals surface area contributed by atoms with E-state index >= 15 is 0 Å². The Bertz CT molecular complexity index is 476. The van der Waals surface area contributed by atoms with Crippen LogP contribution in [0.1, 0.15) is 23.6 Å². The quantitative estimate of drug-likeness (QED) is 0.885. The second kappa shape index (κ2) is 5.16. The molecule has 0 saturated carbocycles. The highest BCUT2D eigenvalue weighted by Gasteiger charge is 2.30. The van der Waals surface area contributed by atoms with Gasteiger partial charge in [-0.05, 0) is 31.0 Å². The molecule has 0 aliphatic carbocycles. The summed E-state index contributed by atoms with van der Waals surface area (Å²) in [4.78, 5) is 10.9. The van der Waals surface area contributed by atoms with E-state index in [0.29, 0.717) is 18.0 Å². The van der Waals surface area contributed by atoms with Crippen molar-refractivity contribution in [3.05, 3.63) is 28.3 Å². The number of carboxylic acids is 1. The minimum Gasteiger partial charge on any atom is -0.496 e. The number of hydrogen-bond donors (Lipinski definition) is 2. The van der Waals surface area contributed by atoms with E-state index in [1.807, 2.05) is 19.1 Å². The Hall–Kier alpha value is -1.26. The average Bonchev–Trinajstić information content (AvgIpc) is 2.82. The number of hydrogen-bond acceptors (Lipinski definition) is 3. The van der Waals surface area contributed by atoms with Gasteiger partial charge in [0.1, 0.15) is 5.75 Å². The molecular formula is C13H16ClNO3. The summed E-state index contributed by atoms with van der Waals surface area (Å²) >= 11 is 6.15. The topological polar surface area (TPSA) is 58.6 Å². The lowest BCUT2D eigenvalue weighted by molar-refractivity contribution is -0.141. The fourth-order valence-corrected chi connectivity index (χ4v) is 2.48. The number of nitrogens with one attached hydrogen (secondary N) is 1. The van der Waals surface area contributed by atoms with Crippen molar-refractivity contribution in [2.24, 2.45) is 5.92 Å². The van der Waals surface area contributed by atoms with Gasteiger partial charge in [0, 0.05) is 23.2 Å². The fraction of sp³-hybridized carbons (Fsp3) is 0.462. The summed E-state index contributed by atoms with van der Waals surface area (Å²) in [5.74, 6) is -0.352. The number of ether oxygens (including phenoxy) is 1. The van der Waals surface area contributed by atoms with Crippen LogP contribution in [0.3, 0.4) is 0 Å². The molecule has 0 radical (unpaired) electrons. The average molecular weight is 270 g/mol. The molecule has 0 spiro atoms. The van der Waals surface area contributed by atoms with Crippen LogP contribution in [0, 0.1) is 12.8 Å². The van der Waals surface area contributed by atoms with E-state index in [0.717, 1.165) is 16.9 Å². The second-order valence-electron chi connectivity index (χ2n) is 4.56. The van der Waals surface area contributed by atoms with Crippen LogP contribution in [0.15, 0.2) is 12.1 Å². The minimum absolute atomic E-state index is 0.0260. The number of benzene rings is 1. The molecule has 2 atom stereocenters. The summed E-state index contributed by atoms with van der Waals surface area (Å²) in [6, 6.07) is 3.82. The first-order valence-electron chi connectivity index (χ1n) is 5.83. The monoisotopic (exact) mass is 269 g/mol. The number of carbonyl (C=O) groups is 1. The van der Waals surface area contributed by atoms with Crippen molar-refractivity contribution in [3.63, 3.8) is 0 Å². The molecule has 98 valence electrons. The van der Waals surface area contributed by atoms with E-state index in [2.05, 4.69) is 5.32 Å². The molecule has 2 rings (SSSR count). The van der Waals surface area contributed by atoms with Gasteiger partial charge in [0.25, 0.3) is 0 Å². The Morgan fingerprint density at radius 3 is 2.83 bits per heavy atom. The number of rotatable bonds is 3. The van der Waals surface area contributed by atoms with Gasteiger partial charge in [0.05, 0.1) is 13.0 Å². The number of halogens is 1. The molecule has 1 aromatic carbocycles. The third kappa shape index (κ3) is 2.44. The number of aliphatic carboxylic acids is 1. The normalized spacial score (nSPS) is 23.1. The first kappa shape index (κ1) is 13.2. The van der Waals surface area contributed by atoms with Crippen LogP contribution in [-0.2, 0) is 4.79 Å². The summed E-state index contributed by atoms with van der Waals surface area (Å²) in [5, 5.41) is 12.8. The van der Waals surface area contributed by atoms with Crippen molar-refractivity contribution in [2.45, 2.75) is 19.4 Å². The third-order valence-electron chi connectivity index (χ3n) is 3.42. The maximum atomic E-state index is 10.9. The molecule has 1 aliphatic rings. The SMILES string of the molecule is COc1cc(C2CC(C(=O)O)CN2)cc(Cl)c1C. The van der Waals surface area contributed by atoms with E-state index in [1.54, 1.807) is 7.11 Å². The zero-order valence-electron chi connectivity index (χ0n) is 10.4. The van der Waals surface area contributed by atoms with Crippen molar-refractivity contribution in [3.8, 4) is 5.75 Å². The molecule has 4 nitrogen and oxygen atoms in total. The minimum atomic E-state index is -0.754. The smallest absolute Gasteiger partial charge is 0.307 e. The summed E-state index contributed by atoms with van der Waals surface area (Å²) in [7, 11) is 1.60. The maximum Gasteiger partial charge on any atom is 0.307 e. The maximum absolute atomic E-state index is 10.9. The largest absolute Gasteiger partial charge is 0.496 e. The molecule has 1 aromatic rings. The van der Waals surface area contributed by atoms with Crippen LogP contribution in [0.5, 0.6) is 5.75 Å². The molecule has 1 saturated heterocycles. The lowest BCUT2D eigenvalue weighted by Gasteiger charge is -2.15. The summed E-state index contributed by atoms with van der Waals surface area (Å²) in [6.45, 7) is 2.39. The van der Waals surface area contributed by atoms with Crippen LogP contribution in [0.4, 0.5) is 0 Å². The molecule has 5 heteroatoms. The highest BCUT2D eigenvalue weighted by molar-refractivity contribution is 6.31. The predicted molar refractivity (Wildman–Crippen MR) is 69.2 cm³/mol. The van der Waals surface area contributed by atoms with E-state index in [-0.39, 0.29) is 12.0 Å². The number of carboxylic acid groups (broad SMARTS) is 1. The standard InChI is InChI=1S/C13H16ClNO3/c1-7-10(14)3-8(5-12(7)18-2)11-4-9(6-15-11)13(16)17/h3,5,9,11,15H,4,6H2,1-2H3,(H,16,17). The van der Waals surface area contributed by atoms with Crippen molar-refractivity contribution in [1.82, 2.24) is 5.32 Å². The zero-order chi connectivity index (χ0) is 13.3. The van der Waals surface area contributed by atoms with Gasteiger partial charge in [-0.15, -0.1) is 0 Å². The van der Waals surface area contributed by atoms with Gasteiger partial charge in [-0.25, -0.2) is 0 Å². The molecule has 0 bridgehead atoms. The van der Waals surface area contributed by atoms with Crippen molar-refractivity contribution in [2.75, 3.05) is 13.7 Å². The Balaban J connectivity index is 2.25. The molecule has 18 heavy (non-hydrogen) atoms. The van der Waals surface area contributed by atoms with Gasteiger partial charge in [-0.1, -0.05) is 11.6 Å². The van der Waals surface area contributed by atoms with Gasteiger partial charge in [0.2, 0.25) is 0 Å². The molecule has 1 fully saturated rings.